The third-order valence-corrected chi connectivity index (χ3v) is 2.26. The lowest BCUT2D eigenvalue weighted by atomic mass is 10.3. The van der Waals surface area contributed by atoms with Crippen molar-refractivity contribution in [2.75, 3.05) is 13.2 Å². The number of alkyl halides is 3. The number of ether oxygens (including phenoxy) is 1. The van der Waals surface area contributed by atoms with Crippen molar-refractivity contribution in [3.05, 3.63) is 10.1 Å². The van der Waals surface area contributed by atoms with Gasteiger partial charge in [-0.1, -0.05) is 34.8 Å². The van der Waals surface area contributed by atoms with Crippen LogP contribution in [0.25, 0.3) is 0 Å². The van der Waals surface area contributed by atoms with E-state index in [4.69, 9.17) is 44.6 Å². The van der Waals surface area contributed by atoms with Crippen LogP contribution in [0.2, 0.25) is 0 Å². The quantitative estimate of drug-likeness (QED) is 0.457. The number of hydrogen-bond donors (Lipinski definition) is 1. The average Bonchev–Trinajstić information content (AvgIpc) is 1.99. The monoisotopic (exact) mass is 279 g/mol. The smallest absolute Gasteiger partial charge is 0.233 e. The fraction of sp³-hybridized carbons (Fsp3) is 1.00. The van der Waals surface area contributed by atoms with Crippen LogP contribution in [0.15, 0.2) is 0 Å². The first kappa shape index (κ1) is 15.2. The maximum Gasteiger partial charge on any atom is 0.233 e. The molecule has 0 aliphatic heterocycles. The van der Waals surface area contributed by atoms with Gasteiger partial charge in [0.05, 0.1) is 6.10 Å². The van der Waals surface area contributed by atoms with Crippen LogP contribution in [0.4, 0.5) is 0 Å². The molecule has 2 atom stereocenters. The third kappa shape index (κ3) is 8.04. The van der Waals surface area contributed by atoms with Crippen molar-refractivity contribution in [3.8, 4) is 0 Å². The highest BCUT2D eigenvalue weighted by molar-refractivity contribution is 6.68. The van der Waals surface area contributed by atoms with Crippen LogP contribution in [-0.2, 0) is 4.74 Å². The van der Waals surface area contributed by atoms with Gasteiger partial charge >= 0.3 is 0 Å². The normalized spacial score (nSPS) is 16.1. The fourth-order valence-corrected chi connectivity index (χ4v) is 1.16. The van der Waals surface area contributed by atoms with E-state index in [1.165, 1.54) is 0 Å². The standard InChI is InChI=1S/C7H12Cl3NO4/c1-5(12)2-3-15-6(4-11(13)14)7(8,9)10/h5-6,12H,2-4H2,1H3/t5-,6+/m1/s1. The van der Waals surface area contributed by atoms with Crippen LogP contribution in [0, 0.1) is 10.1 Å². The molecule has 0 aromatic heterocycles. The molecule has 0 bridgehead atoms. The summed E-state index contributed by atoms with van der Waals surface area (Å²) in [5.74, 6) is 0. The number of aliphatic hydroxyl groups excluding tert-OH is 1. The van der Waals surface area contributed by atoms with E-state index in [9.17, 15) is 10.1 Å². The van der Waals surface area contributed by atoms with Gasteiger partial charge in [0, 0.05) is 11.5 Å². The lowest BCUT2D eigenvalue weighted by Crippen LogP contribution is -2.36. The van der Waals surface area contributed by atoms with E-state index in [2.05, 4.69) is 0 Å². The summed E-state index contributed by atoms with van der Waals surface area (Å²) < 4.78 is 3.19. The largest absolute Gasteiger partial charge is 0.393 e. The summed E-state index contributed by atoms with van der Waals surface area (Å²) in [4.78, 5) is 9.64. The van der Waals surface area contributed by atoms with Crippen molar-refractivity contribution in [3.63, 3.8) is 0 Å². The molecule has 0 amide bonds. The number of nitrogens with zero attached hydrogens (tertiary/aromatic N) is 1. The number of hydrogen-bond acceptors (Lipinski definition) is 4. The molecule has 0 saturated carbocycles. The maximum absolute atomic E-state index is 10.3. The van der Waals surface area contributed by atoms with Crippen LogP contribution >= 0.6 is 34.8 Å². The fourth-order valence-electron chi connectivity index (χ4n) is 0.767. The van der Waals surface area contributed by atoms with Gasteiger partial charge in [0.25, 0.3) is 0 Å². The predicted molar refractivity (Wildman–Crippen MR) is 58.2 cm³/mol. The van der Waals surface area contributed by atoms with Crippen molar-refractivity contribution >= 4 is 34.8 Å². The third-order valence-electron chi connectivity index (χ3n) is 1.53. The van der Waals surface area contributed by atoms with Gasteiger partial charge < -0.3 is 9.84 Å². The van der Waals surface area contributed by atoms with Gasteiger partial charge in [-0.3, -0.25) is 10.1 Å². The van der Waals surface area contributed by atoms with Crippen LogP contribution < -0.4 is 0 Å². The molecular weight excluding hydrogens is 268 g/mol. The van der Waals surface area contributed by atoms with Crippen molar-refractivity contribution in [1.29, 1.82) is 0 Å². The zero-order valence-electron chi connectivity index (χ0n) is 8.03. The van der Waals surface area contributed by atoms with Crippen LogP contribution in [0.1, 0.15) is 13.3 Å². The summed E-state index contributed by atoms with van der Waals surface area (Å²) in [5, 5.41) is 19.2. The average molecular weight is 281 g/mol. The molecule has 0 heterocycles. The Morgan fingerprint density at radius 2 is 2.07 bits per heavy atom. The molecule has 8 heteroatoms. The minimum absolute atomic E-state index is 0.101. The first-order chi connectivity index (χ1) is 6.73. The summed E-state index contributed by atoms with van der Waals surface area (Å²) in [6.45, 7) is 1.08. The summed E-state index contributed by atoms with van der Waals surface area (Å²) in [5.41, 5.74) is 0. The van der Waals surface area contributed by atoms with Crippen LogP contribution in [0.3, 0.4) is 0 Å². The van der Waals surface area contributed by atoms with Gasteiger partial charge in [-0.15, -0.1) is 0 Å². The van der Waals surface area contributed by atoms with Crippen molar-refractivity contribution in [1.82, 2.24) is 0 Å². The Morgan fingerprint density at radius 1 is 1.53 bits per heavy atom. The van der Waals surface area contributed by atoms with E-state index in [-0.39, 0.29) is 6.61 Å². The molecule has 0 aromatic rings. The van der Waals surface area contributed by atoms with Gasteiger partial charge in [0.2, 0.25) is 10.3 Å². The first-order valence-electron chi connectivity index (χ1n) is 4.21. The summed E-state index contributed by atoms with van der Waals surface area (Å²) in [6.07, 6.45) is -1.34. The Hall–Kier alpha value is 0.190. The molecule has 0 aliphatic carbocycles. The lowest BCUT2D eigenvalue weighted by molar-refractivity contribution is -0.491. The second-order valence-electron chi connectivity index (χ2n) is 3.05. The molecule has 0 spiro atoms. The van der Waals surface area contributed by atoms with Crippen LogP contribution in [0.5, 0.6) is 0 Å². The van der Waals surface area contributed by atoms with Gasteiger partial charge in [-0.25, -0.2) is 0 Å². The highest BCUT2D eigenvalue weighted by Crippen LogP contribution is 2.32. The minimum atomic E-state index is -1.84. The van der Waals surface area contributed by atoms with Gasteiger partial charge in [-0.05, 0) is 13.3 Å². The second-order valence-corrected chi connectivity index (χ2v) is 5.42. The molecule has 0 radical (unpaired) electrons. The molecule has 0 unspecified atom stereocenters. The van der Waals surface area contributed by atoms with E-state index in [0.717, 1.165) is 0 Å². The molecule has 15 heavy (non-hydrogen) atoms. The van der Waals surface area contributed by atoms with E-state index < -0.39 is 27.5 Å². The molecule has 0 saturated heterocycles. The lowest BCUT2D eigenvalue weighted by Gasteiger charge is -2.21. The van der Waals surface area contributed by atoms with Gasteiger partial charge in [0.15, 0.2) is 6.10 Å². The first-order valence-corrected chi connectivity index (χ1v) is 5.35. The summed E-state index contributed by atoms with van der Waals surface area (Å²) in [7, 11) is 0. The van der Waals surface area contributed by atoms with E-state index in [1.807, 2.05) is 0 Å². The molecule has 0 aromatic carbocycles. The number of aliphatic hydroxyl groups is 1. The van der Waals surface area contributed by atoms with E-state index in [0.29, 0.717) is 6.42 Å². The SMILES string of the molecule is C[C@@H](O)CCO[C@@H](C[N+](=O)[O-])C(Cl)(Cl)Cl. The molecule has 1 N–H and O–H groups in total. The van der Waals surface area contributed by atoms with Gasteiger partial charge in [-0.2, -0.15) is 0 Å². The minimum Gasteiger partial charge on any atom is -0.393 e. The van der Waals surface area contributed by atoms with Gasteiger partial charge in [0.1, 0.15) is 0 Å². The highest BCUT2D eigenvalue weighted by atomic mass is 35.6. The second kappa shape index (κ2) is 6.70. The van der Waals surface area contributed by atoms with Crippen molar-refractivity contribution in [2.24, 2.45) is 0 Å². The molecule has 0 rings (SSSR count). The topological polar surface area (TPSA) is 72.6 Å². The molecule has 0 aliphatic rings. The zero-order chi connectivity index (χ0) is 12.1. The Balaban J connectivity index is 4.09. The Bertz CT molecular complexity index is 207. The highest BCUT2D eigenvalue weighted by Gasteiger charge is 2.37. The maximum atomic E-state index is 10.3. The summed E-state index contributed by atoms with van der Waals surface area (Å²) >= 11 is 16.5. The van der Waals surface area contributed by atoms with E-state index >= 15 is 0 Å². The van der Waals surface area contributed by atoms with E-state index in [1.54, 1.807) is 6.92 Å². The van der Waals surface area contributed by atoms with Crippen molar-refractivity contribution < 1.29 is 14.8 Å². The molecular formula is C7H12Cl3NO4. The zero-order valence-corrected chi connectivity index (χ0v) is 10.3. The number of halogens is 3. The predicted octanol–water partition coefficient (Wildman–Crippen LogP) is 1.79. The number of rotatable bonds is 6. The van der Waals surface area contributed by atoms with Crippen LogP contribution in [-0.4, -0.2) is 39.2 Å². The Morgan fingerprint density at radius 3 is 2.40 bits per heavy atom. The Labute approximate surface area is 102 Å². The molecule has 5 nitrogen and oxygen atoms in total. The Kier molecular flexibility index (Phi) is 6.79. The summed E-state index contributed by atoms with van der Waals surface area (Å²) in [6, 6.07) is 0. The number of nitro groups is 1. The van der Waals surface area contributed by atoms with Crippen molar-refractivity contribution in [2.45, 2.75) is 29.3 Å². The molecule has 90 valence electrons. The molecule has 0 fully saturated rings.